The first-order valence-electron chi connectivity index (χ1n) is 11.3. The molecule has 1 saturated heterocycles. The van der Waals surface area contributed by atoms with Crippen LogP contribution in [0.1, 0.15) is 34.5 Å². The highest BCUT2D eigenvalue weighted by molar-refractivity contribution is 5.94. The third-order valence-corrected chi connectivity index (χ3v) is 6.24. The van der Waals surface area contributed by atoms with Crippen molar-refractivity contribution in [1.82, 2.24) is 15.2 Å². The number of aromatic nitrogens is 1. The Bertz CT molecular complexity index is 1210. The highest BCUT2D eigenvalue weighted by Gasteiger charge is 2.31. The van der Waals surface area contributed by atoms with Crippen LogP contribution in [0.5, 0.6) is 5.75 Å². The van der Waals surface area contributed by atoms with Crippen molar-refractivity contribution in [1.29, 1.82) is 0 Å². The van der Waals surface area contributed by atoms with Crippen molar-refractivity contribution in [3.63, 3.8) is 0 Å². The molecule has 4 rings (SSSR count). The van der Waals surface area contributed by atoms with E-state index in [1.807, 2.05) is 6.92 Å². The van der Waals surface area contributed by atoms with Crippen LogP contribution in [0.3, 0.4) is 0 Å². The first-order chi connectivity index (χ1) is 16.6. The summed E-state index contributed by atoms with van der Waals surface area (Å²) >= 11 is 0. The highest BCUT2D eigenvalue weighted by atomic mass is 19.4. The molecule has 2 aromatic carbocycles. The van der Waals surface area contributed by atoms with Crippen LogP contribution in [-0.4, -0.2) is 47.7 Å². The number of ether oxygens (including phenoxy) is 1. The summed E-state index contributed by atoms with van der Waals surface area (Å²) in [5, 5.41) is 3.52. The highest BCUT2D eigenvalue weighted by Crippen LogP contribution is 2.30. The first kappa shape index (κ1) is 24.6. The molecule has 0 unspecified atom stereocenters. The summed E-state index contributed by atoms with van der Waals surface area (Å²) in [6, 6.07) is 9.51. The number of rotatable bonds is 6. The van der Waals surface area contributed by atoms with E-state index in [9.17, 15) is 27.2 Å². The second-order valence-corrected chi connectivity index (χ2v) is 8.60. The van der Waals surface area contributed by atoms with Gasteiger partial charge in [0.2, 0.25) is 5.91 Å². The minimum absolute atomic E-state index is 0.113. The molecule has 1 aliphatic rings. The molecule has 2 heterocycles. The average Bonchev–Trinajstić information content (AvgIpc) is 3.12. The number of fused-ring (bicyclic) bond motifs is 1. The Labute approximate surface area is 199 Å². The first-order valence-corrected chi connectivity index (χ1v) is 11.3. The van der Waals surface area contributed by atoms with Crippen LogP contribution in [0.25, 0.3) is 10.9 Å². The van der Waals surface area contributed by atoms with E-state index in [-0.39, 0.29) is 23.5 Å². The number of alkyl halides is 3. The number of aryl methyl sites for hydroxylation is 1. The Kier molecular flexibility index (Phi) is 7.00. The third-order valence-electron chi connectivity index (χ3n) is 6.24. The number of hydrogen-bond acceptors (Lipinski definition) is 3. The van der Waals surface area contributed by atoms with Gasteiger partial charge in [-0.15, -0.1) is 13.2 Å². The summed E-state index contributed by atoms with van der Waals surface area (Å²) < 4.78 is 54.8. The predicted molar refractivity (Wildman–Crippen MR) is 121 cm³/mol. The molecular weight excluding hydrogens is 466 g/mol. The van der Waals surface area contributed by atoms with E-state index < -0.39 is 12.2 Å². The third kappa shape index (κ3) is 5.93. The number of amides is 2. The Balaban J connectivity index is 1.30. The second-order valence-electron chi connectivity index (χ2n) is 8.60. The lowest BCUT2D eigenvalue weighted by molar-refractivity contribution is -0.274. The molecule has 35 heavy (non-hydrogen) atoms. The standard InChI is InChI=1S/C25H25F4N3O3/c1-15-20(21-14-19(35-25(27,28)29)6-7-22(21)31-15)8-11-30-23(33)16-9-12-32(13-10-16)24(34)17-2-4-18(26)5-3-17/h2-7,14,16,31H,8-13H2,1H3,(H,30,33). The molecule has 0 bridgehead atoms. The number of carbonyl (C=O) groups excluding carboxylic acids is 2. The summed E-state index contributed by atoms with van der Waals surface area (Å²) in [7, 11) is 0. The monoisotopic (exact) mass is 491 g/mol. The Morgan fingerprint density at radius 1 is 1.11 bits per heavy atom. The quantitative estimate of drug-likeness (QED) is 0.490. The summed E-state index contributed by atoms with van der Waals surface area (Å²) in [5.41, 5.74) is 2.72. The van der Waals surface area contributed by atoms with Crippen LogP contribution in [0.2, 0.25) is 0 Å². The normalized spacial score (nSPS) is 14.8. The molecule has 6 nitrogen and oxygen atoms in total. The largest absolute Gasteiger partial charge is 0.573 e. The minimum Gasteiger partial charge on any atom is -0.406 e. The van der Waals surface area contributed by atoms with Gasteiger partial charge in [-0.1, -0.05) is 0 Å². The number of nitrogens with one attached hydrogen (secondary N) is 2. The smallest absolute Gasteiger partial charge is 0.406 e. The second kappa shape index (κ2) is 9.97. The molecule has 1 aliphatic heterocycles. The average molecular weight is 491 g/mol. The summed E-state index contributed by atoms with van der Waals surface area (Å²) in [4.78, 5) is 30.0. The van der Waals surface area contributed by atoms with E-state index in [0.29, 0.717) is 55.4 Å². The fourth-order valence-corrected chi connectivity index (χ4v) is 4.46. The molecule has 10 heteroatoms. The molecule has 0 radical (unpaired) electrons. The molecule has 3 aromatic rings. The molecule has 1 fully saturated rings. The summed E-state index contributed by atoms with van der Waals surface area (Å²) in [6.07, 6.45) is -3.30. The SMILES string of the molecule is Cc1[nH]c2ccc(OC(F)(F)F)cc2c1CCNC(=O)C1CCN(C(=O)c2ccc(F)cc2)CC1. The number of H-pyrrole nitrogens is 1. The number of piperidine rings is 1. The van der Waals surface area contributed by atoms with Gasteiger partial charge in [0, 0.05) is 47.7 Å². The maximum atomic E-state index is 13.1. The molecule has 0 aliphatic carbocycles. The van der Waals surface area contributed by atoms with E-state index in [1.54, 1.807) is 4.90 Å². The number of hydrogen-bond donors (Lipinski definition) is 2. The van der Waals surface area contributed by atoms with Gasteiger partial charge in [-0.2, -0.15) is 0 Å². The summed E-state index contributed by atoms with van der Waals surface area (Å²) in [5.74, 6) is -1.24. The molecule has 0 saturated carbocycles. The molecule has 2 amide bonds. The Morgan fingerprint density at radius 2 is 1.80 bits per heavy atom. The van der Waals surface area contributed by atoms with Gasteiger partial charge in [0.25, 0.3) is 5.91 Å². The zero-order valence-electron chi connectivity index (χ0n) is 19.0. The van der Waals surface area contributed by atoms with Gasteiger partial charge < -0.3 is 19.9 Å². The predicted octanol–water partition coefficient (Wildman–Crippen LogP) is 4.73. The minimum atomic E-state index is -4.77. The van der Waals surface area contributed by atoms with Crippen molar-refractivity contribution in [3.8, 4) is 5.75 Å². The number of aromatic amines is 1. The van der Waals surface area contributed by atoms with Crippen LogP contribution in [0.4, 0.5) is 17.6 Å². The van der Waals surface area contributed by atoms with Crippen molar-refractivity contribution in [2.45, 2.75) is 32.5 Å². The number of benzene rings is 2. The maximum absolute atomic E-state index is 13.1. The van der Waals surface area contributed by atoms with Crippen LogP contribution in [0, 0.1) is 18.7 Å². The Morgan fingerprint density at radius 3 is 2.46 bits per heavy atom. The Hall–Kier alpha value is -3.56. The zero-order chi connectivity index (χ0) is 25.2. The van der Waals surface area contributed by atoms with Crippen LogP contribution in [-0.2, 0) is 11.2 Å². The zero-order valence-corrected chi connectivity index (χ0v) is 19.0. The lowest BCUT2D eigenvalue weighted by atomic mass is 9.95. The van der Waals surface area contributed by atoms with E-state index in [2.05, 4.69) is 15.0 Å². The van der Waals surface area contributed by atoms with Gasteiger partial charge >= 0.3 is 6.36 Å². The molecule has 0 spiro atoms. The number of halogens is 4. The van der Waals surface area contributed by atoms with Gasteiger partial charge in [0.05, 0.1) is 0 Å². The van der Waals surface area contributed by atoms with Crippen LogP contribution < -0.4 is 10.1 Å². The van der Waals surface area contributed by atoms with E-state index >= 15 is 0 Å². The van der Waals surface area contributed by atoms with Crippen molar-refractivity contribution >= 4 is 22.7 Å². The molecular formula is C25H25F4N3O3. The number of nitrogens with zero attached hydrogens (tertiary/aromatic N) is 1. The topological polar surface area (TPSA) is 74.4 Å². The van der Waals surface area contributed by atoms with Crippen LogP contribution in [0.15, 0.2) is 42.5 Å². The fraction of sp³-hybridized carbons (Fsp3) is 0.360. The van der Waals surface area contributed by atoms with Gasteiger partial charge in [0.1, 0.15) is 11.6 Å². The van der Waals surface area contributed by atoms with Crippen LogP contribution >= 0.6 is 0 Å². The lowest BCUT2D eigenvalue weighted by Gasteiger charge is -2.31. The van der Waals surface area contributed by atoms with E-state index in [4.69, 9.17) is 0 Å². The molecule has 186 valence electrons. The van der Waals surface area contributed by atoms with Crippen molar-refractivity contribution < 1.29 is 31.9 Å². The van der Waals surface area contributed by atoms with Gasteiger partial charge in [0.15, 0.2) is 0 Å². The van der Waals surface area contributed by atoms with Gasteiger partial charge in [-0.05, 0) is 74.2 Å². The van der Waals surface area contributed by atoms with Gasteiger partial charge in [-0.25, -0.2) is 4.39 Å². The molecule has 1 aromatic heterocycles. The van der Waals surface area contributed by atoms with E-state index in [0.717, 1.165) is 11.3 Å². The van der Waals surface area contributed by atoms with Crippen molar-refractivity contribution in [2.75, 3.05) is 19.6 Å². The summed E-state index contributed by atoms with van der Waals surface area (Å²) in [6.45, 7) is 3.01. The van der Waals surface area contributed by atoms with Crippen molar-refractivity contribution in [2.24, 2.45) is 5.92 Å². The van der Waals surface area contributed by atoms with Gasteiger partial charge in [-0.3, -0.25) is 9.59 Å². The number of likely N-dealkylation sites (tertiary alicyclic amines) is 1. The number of carbonyl (C=O) groups is 2. The maximum Gasteiger partial charge on any atom is 0.573 e. The van der Waals surface area contributed by atoms with Crippen molar-refractivity contribution in [3.05, 3.63) is 65.1 Å². The fourth-order valence-electron chi connectivity index (χ4n) is 4.46. The molecule has 2 N–H and O–H groups in total. The lowest BCUT2D eigenvalue weighted by Crippen LogP contribution is -2.43. The van der Waals surface area contributed by atoms with E-state index in [1.165, 1.54) is 42.5 Å². The molecule has 0 atom stereocenters.